The molecule has 4 heteroatoms. The second-order valence-corrected chi connectivity index (χ2v) is 3.64. The Kier molecular flexibility index (Phi) is 7.65. The van der Waals surface area contributed by atoms with E-state index in [1.807, 2.05) is 26.8 Å². The predicted octanol–water partition coefficient (Wildman–Crippen LogP) is 1.56. The number of ether oxygens (including phenoxy) is 1. The van der Waals surface area contributed by atoms with Gasteiger partial charge in [0.2, 0.25) is 5.91 Å². The molecule has 0 saturated heterocycles. The van der Waals surface area contributed by atoms with Crippen LogP contribution in [0.15, 0.2) is 0 Å². The Bertz CT molecular complexity index is 221. The molecule has 0 aromatic heterocycles. The van der Waals surface area contributed by atoms with Gasteiger partial charge in [-0.15, -0.1) is 0 Å². The van der Waals surface area contributed by atoms with Gasteiger partial charge in [-0.1, -0.05) is 6.92 Å². The zero-order valence-electron chi connectivity index (χ0n) is 9.82. The van der Waals surface area contributed by atoms with Crippen molar-refractivity contribution in [3.63, 3.8) is 0 Å². The molecule has 0 atom stereocenters. The summed E-state index contributed by atoms with van der Waals surface area (Å²) in [6.45, 7) is 7.13. The summed E-state index contributed by atoms with van der Waals surface area (Å²) in [5, 5.41) is 8.57. The number of amides is 1. The van der Waals surface area contributed by atoms with E-state index in [1.54, 1.807) is 4.90 Å². The van der Waals surface area contributed by atoms with Crippen molar-refractivity contribution in [1.29, 1.82) is 5.26 Å². The Morgan fingerprint density at radius 2 is 2.13 bits per heavy atom. The fourth-order valence-corrected chi connectivity index (χ4v) is 1.18. The quantitative estimate of drug-likeness (QED) is 0.475. The highest BCUT2D eigenvalue weighted by Gasteiger charge is 2.15. The molecule has 0 spiro atoms. The van der Waals surface area contributed by atoms with E-state index in [4.69, 9.17) is 10.00 Å². The average molecular weight is 212 g/mol. The fourth-order valence-electron chi connectivity index (χ4n) is 1.18. The van der Waals surface area contributed by atoms with Gasteiger partial charge in [-0.25, -0.2) is 0 Å². The first-order valence-corrected chi connectivity index (χ1v) is 5.37. The SMILES string of the molecule is CCCOCCC(=O)N(CC#N)C(C)C. The van der Waals surface area contributed by atoms with Crippen molar-refractivity contribution in [2.45, 2.75) is 39.7 Å². The van der Waals surface area contributed by atoms with Crippen molar-refractivity contribution in [2.24, 2.45) is 0 Å². The molecule has 0 heterocycles. The molecule has 0 aliphatic heterocycles. The zero-order chi connectivity index (χ0) is 11.7. The van der Waals surface area contributed by atoms with E-state index in [2.05, 4.69) is 0 Å². The van der Waals surface area contributed by atoms with Crippen molar-refractivity contribution >= 4 is 5.91 Å². The zero-order valence-corrected chi connectivity index (χ0v) is 9.82. The van der Waals surface area contributed by atoms with Gasteiger partial charge in [0.1, 0.15) is 6.54 Å². The standard InChI is InChI=1S/C11H20N2O2/c1-4-8-15-9-5-11(14)13(7-6-12)10(2)3/h10H,4-5,7-9H2,1-3H3. The molecule has 0 aromatic carbocycles. The van der Waals surface area contributed by atoms with Crippen molar-refractivity contribution in [1.82, 2.24) is 4.90 Å². The third-order valence-electron chi connectivity index (χ3n) is 1.99. The maximum atomic E-state index is 11.6. The van der Waals surface area contributed by atoms with E-state index in [0.717, 1.165) is 6.42 Å². The van der Waals surface area contributed by atoms with Crippen molar-refractivity contribution in [3.05, 3.63) is 0 Å². The van der Waals surface area contributed by atoms with Crippen LogP contribution in [0, 0.1) is 11.3 Å². The van der Waals surface area contributed by atoms with Gasteiger partial charge in [-0.3, -0.25) is 4.79 Å². The third kappa shape index (κ3) is 6.08. The van der Waals surface area contributed by atoms with Gasteiger partial charge in [0.05, 0.1) is 19.1 Å². The van der Waals surface area contributed by atoms with Crippen molar-refractivity contribution in [2.75, 3.05) is 19.8 Å². The minimum atomic E-state index is -0.0114. The predicted molar refractivity (Wildman–Crippen MR) is 58.2 cm³/mol. The summed E-state index contributed by atoms with van der Waals surface area (Å²) in [5.74, 6) is -0.0114. The second-order valence-electron chi connectivity index (χ2n) is 3.64. The molecule has 0 aromatic rings. The lowest BCUT2D eigenvalue weighted by Gasteiger charge is -2.23. The van der Waals surface area contributed by atoms with E-state index in [-0.39, 0.29) is 18.5 Å². The Morgan fingerprint density at radius 1 is 1.47 bits per heavy atom. The highest BCUT2D eigenvalue weighted by Crippen LogP contribution is 2.01. The molecule has 0 bridgehead atoms. The lowest BCUT2D eigenvalue weighted by atomic mass is 10.3. The molecule has 0 unspecified atom stereocenters. The molecule has 0 fully saturated rings. The van der Waals surface area contributed by atoms with Crippen LogP contribution in [-0.2, 0) is 9.53 Å². The van der Waals surface area contributed by atoms with E-state index in [1.165, 1.54) is 0 Å². The van der Waals surface area contributed by atoms with E-state index >= 15 is 0 Å². The average Bonchev–Trinajstić information content (AvgIpc) is 2.20. The lowest BCUT2D eigenvalue weighted by molar-refractivity contribution is -0.133. The van der Waals surface area contributed by atoms with Crippen LogP contribution >= 0.6 is 0 Å². The van der Waals surface area contributed by atoms with Crippen molar-refractivity contribution < 1.29 is 9.53 Å². The fraction of sp³-hybridized carbons (Fsp3) is 0.818. The molecule has 0 aliphatic rings. The summed E-state index contributed by atoms with van der Waals surface area (Å²) in [6.07, 6.45) is 1.32. The number of rotatable bonds is 7. The van der Waals surface area contributed by atoms with Gasteiger partial charge in [0.15, 0.2) is 0 Å². The Morgan fingerprint density at radius 3 is 2.60 bits per heavy atom. The van der Waals surface area contributed by atoms with Gasteiger partial charge in [-0.2, -0.15) is 5.26 Å². The maximum Gasteiger partial charge on any atom is 0.225 e. The maximum absolute atomic E-state index is 11.6. The minimum absolute atomic E-state index is 0.0114. The summed E-state index contributed by atoms with van der Waals surface area (Å²) in [4.78, 5) is 13.2. The largest absolute Gasteiger partial charge is 0.381 e. The number of carbonyl (C=O) groups excluding carboxylic acids is 1. The molecule has 0 radical (unpaired) electrons. The Labute approximate surface area is 91.8 Å². The summed E-state index contributed by atoms with van der Waals surface area (Å²) >= 11 is 0. The van der Waals surface area contributed by atoms with Crippen LogP contribution < -0.4 is 0 Å². The molecule has 0 rings (SSSR count). The van der Waals surface area contributed by atoms with Crippen LogP contribution in [0.1, 0.15) is 33.6 Å². The first-order valence-electron chi connectivity index (χ1n) is 5.37. The van der Waals surface area contributed by atoms with Crippen molar-refractivity contribution in [3.8, 4) is 6.07 Å². The highest BCUT2D eigenvalue weighted by atomic mass is 16.5. The van der Waals surface area contributed by atoms with Gasteiger partial charge in [0.25, 0.3) is 0 Å². The highest BCUT2D eigenvalue weighted by molar-refractivity contribution is 5.76. The smallest absolute Gasteiger partial charge is 0.225 e. The monoisotopic (exact) mass is 212 g/mol. The molecular weight excluding hydrogens is 192 g/mol. The molecule has 0 saturated carbocycles. The van der Waals surface area contributed by atoms with Crippen LogP contribution in [-0.4, -0.2) is 36.6 Å². The molecule has 0 N–H and O–H groups in total. The first kappa shape index (κ1) is 13.9. The topological polar surface area (TPSA) is 53.3 Å². The molecule has 4 nitrogen and oxygen atoms in total. The normalized spacial score (nSPS) is 10.1. The Hall–Kier alpha value is -1.08. The first-order chi connectivity index (χ1) is 7.13. The van der Waals surface area contributed by atoms with Gasteiger partial charge in [0, 0.05) is 12.6 Å². The van der Waals surface area contributed by atoms with Crippen LogP contribution in [0.2, 0.25) is 0 Å². The van der Waals surface area contributed by atoms with Crippen LogP contribution in [0.25, 0.3) is 0 Å². The van der Waals surface area contributed by atoms with E-state index in [9.17, 15) is 4.79 Å². The van der Waals surface area contributed by atoms with Crippen LogP contribution in [0.4, 0.5) is 0 Å². The number of carbonyl (C=O) groups is 1. The van der Waals surface area contributed by atoms with Crippen LogP contribution in [0.5, 0.6) is 0 Å². The lowest BCUT2D eigenvalue weighted by Crippen LogP contribution is -2.37. The summed E-state index contributed by atoms with van der Waals surface area (Å²) in [6, 6.07) is 2.07. The molecule has 1 amide bonds. The Balaban J connectivity index is 3.88. The number of hydrogen-bond donors (Lipinski definition) is 0. The third-order valence-corrected chi connectivity index (χ3v) is 1.99. The summed E-state index contributed by atoms with van der Waals surface area (Å²) in [5.41, 5.74) is 0. The number of nitrogens with zero attached hydrogens (tertiary/aromatic N) is 2. The number of hydrogen-bond acceptors (Lipinski definition) is 3. The van der Waals surface area contributed by atoms with Gasteiger partial charge in [-0.05, 0) is 20.3 Å². The molecule has 0 aliphatic carbocycles. The van der Waals surface area contributed by atoms with Crippen LogP contribution in [0.3, 0.4) is 0 Å². The molecule has 86 valence electrons. The molecule has 15 heavy (non-hydrogen) atoms. The van der Waals surface area contributed by atoms with Gasteiger partial charge >= 0.3 is 0 Å². The summed E-state index contributed by atoms with van der Waals surface area (Å²) in [7, 11) is 0. The van der Waals surface area contributed by atoms with E-state index < -0.39 is 0 Å². The van der Waals surface area contributed by atoms with E-state index in [0.29, 0.717) is 19.6 Å². The number of nitriles is 1. The van der Waals surface area contributed by atoms with Gasteiger partial charge < -0.3 is 9.64 Å². The molecular formula is C11H20N2O2. The second kappa shape index (κ2) is 8.25. The summed E-state index contributed by atoms with van der Waals surface area (Å²) < 4.78 is 5.23. The minimum Gasteiger partial charge on any atom is -0.381 e.